The molecular formula is C19H30N4O2. The topological polar surface area (TPSA) is 59.9 Å². The maximum absolute atomic E-state index is 12.5. The van der Waals surface area contributed by atoms with Crippen LogP contribution in [0.1, 0.15) is 23.2 Å². The van der Waals surface area contributed by atoms with Gasteiger partial charge in [-0.05, 0) is 50.9 Å². The van der Waals surface area contributed by atoms with Crippen LogP contribution >= 0.6 is 0 Å². The standard InChI is InChI=1S/C19H30N4O2/c1-21(2)11-16-12-23(13-17(16)14-24)18-5-8-22(9-6-18)19(25)15-4-3-7-20-10-15/h3-4,7,10,16-18,24H,5-6,8-9,11-14H2,1-2H3/t16-,17-/m1/s1. The summed E-state index contributed by atoms with van der Waals surface area (Å²) in [6.45, 7) is 4.95. The summed E-state index contributed by atoms with van der Waals surface area (Å²) in [5, 5.41) is 9.70. The van der Waals surface area contributed by atoms with Crippen LogP contribution in [0, 0.1) is 11.8 Å². The number of aliphatic hydroxyl groups excluding tert-OH is 1. The van der Waals surface area contributed by atoms with Gasteiger partial charge >= 0.3 is 0 Å². The number of likely N-dealkylation sites (tertiary alicyclic amines) is 2. The van der Waals surface area contributed by atoms with Crippen LogP contribution in [0.25, 0.3) is 0 Å². The van der Waals surface area contributed by atoms with E-state index in [4.69, 9.17) is 0 Å². The van der Waals surface area contributed by atoms with Gasteiger partial charge in [0.25, 0.3) is 5.91 Å². The minimum Gasteiger partial charge on any atom is -0.396 e. The molecule has 2 fully saturated rings. The van der Waals surface area contributed by atoms with Gasteiger partial charge in [0.2, 0.25) is 0 Å². The zero-order valence-corrected chi connectivity index (χ0v) is 15.3. The third-order valence-corrected chi connectivity index (χ3v) is 5.62. The summed E-state index contributed by atoms with van der Waals surface area (Å²) < 4.78 is 0. The van der Waals surface area contributed by atoms with E-state index in [1.165, 1.54) is 0 Å². The van der Waals surface area contributed by atoms with Gasteiger partial charge in [0.05, 0.1) is 5.56 Å². The number of piperidine rings is 1. The first-order valence-corrected chi connectivity index (χ1v) is 9.27. The van der Waals surface area contributed by atoms with Crippen LogP contribution in [-0.4, -0.2) is 90.2 Å². The van der Waals surface area contributed by atoms with Crippen molar-refractivity contribution in [3.8, 4) is 0 Å². The number of amides is 1. The van der Waals surface area contributed by atoms with Gasteiger partial charge in [-0.15, -0.1) is 0 Å². The SMILES string of the molecule is CN(C)C[C@@H]1CN(C2CCN(C(=O)c3cccnc3)CC2)C[C@@H]1CO. The molecule has 0 aliphatic carbocycles. The molecule has 138 valence electrons. The van der Waals surface area contributed by atoms with E-state index < -0.39 is 0 Å². The Morgan fingerprint density at radius 1 is 1.28 bits per heavy atom. The lowest BCUT2D eigenvalue weighted by atomic mass is 9.97. The van der Waals surface area contributed by atoms with Crippen molar-refractivity contribution in [2.45, 2.75) is 18.9 Å². The van der Waals surface area contributed by atoms with Gasteiger partial charge in [-0.25, -0.2) is 0 Å². The maximum atomic E-state index is 12.5. The Morgan fingerprint density at radius 3 is 2.60 bits per heavy atom. The second-order valence-corrected chi connectivity index (χ2v) is 7.68. The molecule has 25 heavy (non-hydrogen) atoms. The normalized spacial score (nSPS) is 25.7. The molecule has 3 heterocycles. The molecule has 1 amide bonds. The molecular weight excluding hydrogens is 316 g/mol. The first-order valence-electron chi connectivity index (χ1n) is 9.27. The molecule has 0 radical (unpaired) electrons. The number of aromatic nitrogens is 1. The van der Waals surface area contributed by atoms with Crippen LogP contribution < -0.4 is 0 Å². The molecule has 2 aliphatic heterocycles. The number of hydrogen-bond donors (Lipinski definition) is 1. The second-order valence-electron chi connectivity index (χ2n) is 7.68. The van der Waals surface area contributed by atoms with E-state index in [0.29, 0.717) is 23.4 Å². The molecule has 1 aromatic rings. The van der Waals surface area contributed by atoms with E-state index in [1.807, 2.05) is 17.0 Å². The highest BCUT2D eigenvalue weighted by Crippen LogP contribution is 2.29. The molecule has 0 aromatic carbocycles. The molecule has 0 unspecified atom stereocenters. The van der Waals surface area contributed by atoms with Crippen molar-refractivity contribution in [3.63, 3.8) is 0 Å². The van der Waals surface area contributed by atoms with E-state index in [0.717, 1.165) is 45.6 Å². The van der Waals surface area contributed by atoms with Crippen LogP contribution in [-0.2, 0) is 0 Å². The van der Waals surface area contributed by atoms with Crippen molar-refractivity contribution in [3.05, 3.63) is 30.1 Å². The quantitative estimate of drug-likeness (QED) is 0.854. The Morgan fingerprint density at radius 2 is 2.00 bits per heavy atom. The highest BCUT2D eigenvalue weighted by Gasteiger charge is 2.37. The van der Waals surface area contributed by atoms with Gasteiger partial charge in [0, 0.05) is 57.8 Å². The summed E-state index contributed by atoms with van der Waals surface area (Å²) in [7, 11) is 4.19. The van der Waals surface area contributed by atoms with Crippen molar-refractivity contribution in [1.29, 1.82) is 0 Å². The molecule has 2 atom stereocenters. The lowest BCUT2D eigenvalue weighted by molar-refractivity contribution is 0.0636. The Hall–Kier alpha value is -1.50. The smallest absolute Gasteiger partial charge is 0.255 e. The number of rotatable bonds is 5. The first kappa shape index (κ1) is 18.3. The van der Waals surface area contributed by atoms with Gasteiger partial charge in [-0.3, -0.25) is 14.7 Å². The third-order valence-electron chi connectivity index (χ3n) is 5.62. The molecule has 0 bridgehead atoms. The summed E-state index contributed by atoms with van der Waals surface area (Å²) in [6, 6.07) is 4.17. The molecule has 6 nitrogen and oxygen atoms in total. The highest BCUT2D eigenvalue weighted by molar-refractivity contribution is 5.93. The Balaban J connectivity index is 1.53. The molecule has 6 heteroatoms. The van der Waals surface area contributed by atoms with E-state index in [9.17, 15) is 9.90 Å². The van der Waals surface area contributed by atoms with E-state index in [2.05, 4.69) is 28.9 Å². The number of hydrogen-bond acceptors (Lipinski definition) is 5. The molecule has 1 aromatic heterocycles. The van der Waals surface area contributed by atoms with Crippen LogP contribution in [0.2, 0.25) is 0 Å². The summed E-state index contributed by atoms with van der Waals surface area (Å²) in [6.07, 6.45) is 5.36. The summed E-state index contributed by atoms with van der Waals surface area (Å²) in [5.74, 6) is 0.999. The minimum absolute atomic E-state index is 0.0895. The monoisotopic (exact) mass is 346 g/mol. The molecule has 0 saturated carbocycles. The summed E-state index contributed by atoms with van der Waals surface area (Å²) in [4.78, 5) is 23.3. The van der Waals surface area contributed by atoms with E-state index >= 15 is 0 Å². The van der Waals surface area contributed by atoms with Crippen LogP contribution in [0.5, 0.6) is 0 Å². The van der Waals surface area contributed by atoms with Crippen molar-refractivity contribution < 1.29 is 9.90 Å². The van der Waals surface area contributed by atoms with Gasteiger partial charge in [-0.2, -0.15) is 0 Å². The largest absolute Gasteiger partial charge is 0.396 e. The van der Waals surface area contributed by atoms with Gasteiger partial charge in [0.1, 0.15) is 0 Å². The second kappa shape index (κ2) is 8.25. The fraction of sp³-hybridized carbons (Fsp3) is 0.684. The maximum Gasteiger partial charge on any atom is 0.255 e. The van der Waals surface area contributed by atoms with Gasteiger partial charge in [-0.1, -0.05) is 0 Å². The predicted octanol–water partition coefficient (Wildman–Crippen LogP) is 0.788. The van der Waals surface area contributed by atoms with E-state index in [-0.39, 0.29) is 12.5 Å². The average molecular weight is 346 g/mol. The number of aliphatic hydroxyl groups is 1. The Bertz CT molecular complexity index is 558. The first-order chi connectivity index (χ1) is 12.1. The predicted molar refractivity (Wildman–Crippen MR) is 97.4 cm³/mol. The summed E-state index contributed by atoms with van der Waals surface area (Å²) >= 11 is 0. The molecule has 0 spiro atoms. The fourth-order valence-corrected chi connectivity index (χ4v) is 4.26. The fourth-order valence-electron chi connectivity index (χ4n) is 4.26. The number of pyridine rings is 1. The van der Waals surface area contributed by atoms with Gasteiger partial charge < -0.3 is 14.9 Å². The minimum atomic E-state index is 0.0895. The lowest BCUT2D eigenvalue weighted by Crippen LogP contribution is -2.46. The van der Waals surface area contributed by atoms with Crippen molar-refractivity contribution in [2.75, 3.05) is 53.4 Å². The van der Waals surface area contributed by atoms with Crippen LogP contribution in [0.3, 0.4) is 0 Å². The van der Waals surface area contributed by atoms with E-state index in [1.54, 1.807) is 12.4 Å². The van der Waals surface area contributed by atoms with Crippen molar-refractivity contribution in [1.82, 2.24) is 19.7 Å². The Labute approximate surface area is 150 Å². The number of carbonyl (C=O) groups excluding carboxylic acids is 1. The average Bonchev–Trinajstić information content (AvgIpc) is 3.04. The molecule has 2 saturated heterocycles. The lowest BCUT2D eigenvalue weighted by Gasteiger charge is -2.37. The molecule has 3 rings (SSSR count). The summed E-state index contributed by atoms with van der Waals surface area (Å²) in [5.41, 5.74) is 0.675. The third kappa shape index (κ3) is 4.37. The number of nitrogens with zero attached hydrogens (tertiary/aromatic N) is 4. The van der Waals surface area contributed by atoms with Crippen LogP contribution in [0.4, 0.5) is 0 Å². The zero-order chi connectivity index (χ0) is 17.8. The number of carbonyl (C=O) groups is 1. The molecule has 1 N–H and O–H groups in total. The molecule has 2 aliphatic rings. The zero-order valence-electron chi connectivity index (χ0n) is 15.3. The van der Waals surface area contributed by atoms with Crippen molar-refractivity contribution in [2.24, 2.45) is 11.8 Å². The van der Waals surface area contributed by atoms with Crippen molar-refractivity contribution >= 4 is 5.91 Å². The van der Waals surface area contributed by atoms with Gasteiger partial charge in [0.15, 0.2) is 0 Å². The highest BCUT2D eigenvalue weighted by atomic mass is 16.3. The Kier molecular flexibility index (Phi) is 6.04. The van der Waals surface area contributed by atoms with Crippen LogP contribution in [0.15, 0.2) is 24.5 Å².